The van der Waals surface area contributed by atoms with E-state index >= 15 is 0 Å². The summed E-state index contributed by atoms with van der Waals surface area (Å²) in [6.45, 7) is 5.44. The van der Waals surface area contributed by atoms with Crippen LogP contribution in [0, 0.1) is 0 Å². The minimum absolute atomic E-state index is 0.297. The fourth-order valence-electron chi connectivity index (χ4n) is 3.09. The molecule has 1 aliphatic heterocycles. The molecule has 110 valence electrons. The molecule has 0 bridgehead atoms. The van der Waals surface area contributed by atoms with Crippen molar-refractivity contribution in [1.82, 2.24) is 19.3 Å². The molecule has 0 N–H and O–H groups in total. The third-order valence-electron chi connectivity index (χ3n) is 4.12. The van der Waals surface area contributed by atoms with Crippen LogP contribution in [-0.4, -0.2) is 29.8 Å². The smallest absolute Gasteiger partial charge is 0.158 e. The van der Waals surface area contributed by atoms with Crippen LogP contribution in [0.5, 0.6) is 0 Å². The highest BCUT2D eigenvalue weighted by molar-refractivity contribution is 8.00. The Hall–Kier alpha value is -0.680. The molecule has 1 fully saturated rings. The van der Waals surface area contributed by atoms with Crippen molar-refractivity contribution in [3.8, 4) is 0 Å². The molecule has 3 heterocycles. The lowest BCUT2D eigenvalue weighted by atomic mass is 10.1. The fourth-order valence-corrected chi connectivity index (χ4v) is 4.58. The zero-order valence-electron chi connectivity index (χ0n) is 12.3. The predicted octanol–water partition coefficient (Wildman–Crippen LogP) is 3.36. The molecule has 0 amide bonds. The highest BCUT2D eigenvalue weighted by Crippen LogP contribution is 2.40. The maximum Gasteiger partial charge on any atom is 0.158 e. The number of aromatic nitrogens is 4. The summed E-state index contributed by atoms with van der Waals surface area (Å²) in [6, 6.07) is 0. The highest BCUT2D eigenvalue weighted by Gasteiger charge is 2.32. The normalized spacial score (nSPS) is 23.0. The quantitative estimate of drug-likeness (QED) is 0.812. The molecule has 1 saturated heterocycles. The van der Waals surface area contributed by atoms with Gasteiger partial charge in [0.05, 0.1) is 11.6 Å². The summed E-state index contributed by atoms with van der Waals surface area (Å²) in [5, 5.41) is 4.59. The Labute approximate surface area is 128 Å². The first kappa shape index (κ1) is 14.3. The van der Waals surface area contributed by atoms with Crippen molar-refractivity contribution < 1.29 is 0 Å². The molecule has 6 heteroatoms. The third-order valence-corrected chi connectivity index (χ3v) is 5.88. The molecule has 2 aromatic rings. The molecule has 2 aromatic heterocycles. The van der Waals surface area contributed by atoms with Gasteiger partial charge in [0, 0.05) is 18.3 Å². The number of halogens is 1. The van der Waals surface area contributed by atoms with Crippen LogP contribution < -0.4 is 0 Å². The van der Waals surface area contributed by atoms with E-state index in [1.165, 1.54) is 18.6 Å². The minimum atomic E-state index is 0.297. The molecule has 0 radical (unpaired) electrons. The van der Waals surface area contributed by atoms with Crippen LogP contribution >= 0.6 is 23.4 Å². The van der Waals surface area contributed by atoms with E-state index in [1.807, 2.05) is 11.7 Å². The van der Waals surface area contributed by atoms with Crippen LogP contribution in [0.2, 0.25) is 0 Å². The van der Waals surface area contributed by atoms with Crippen LogP contribution in [0.3, 0.4) is 0 Å². The second kappa shape index (κ2) is 5.26. The second-order valence-electron chi connectivity index (χ2n) is 5.75. The van der Waals surface area contributed by atoms with Crippen molar-refractivity contribution >= 4 is 34.5 Å². The molecule has 4 nitrogen and oxygen atoms in total. The van der Waals surface area contributed by atoms with Crippen molar-refractivity contribution in [3.05, 3.63) is 11.5 Å². The van der Waals surface area contributed by atoms with E-state index in [9.17, 15) is 0 Å². The molecule has 1 unspecified atom stereocenters. The fraction of sp³-hybridized carbons (Fsp3) is 0.714. The average molecular weight is 313 g/mol. The van der Waals surface area contributed by atoms with Crippen LogP contribution in [-0.2, 0) is 25.9 Å². The Morgan fingerprint density at radius 3 is 2.85 bits per heavy atom. The van der Waals surface area contributed by atoms with Gasteiger partial charge in [-0.3, -0.25) is 4.68 Å². The predicted molar refractivity (Wildman–Crippen MR) is 85.5 cm³/mol. The second-order valence-corrected chi connectivity index (χ2v) is 7.70. The number of aryl methyl sites for hydroxylation is 2. The topological polar surface area (TPSA) is 35.6 Å². The number of imidazole rings is 1. The minimum Gasteiger partial charge on any atom is -0.310 e. The first-order valence-corrected chi connectivity index (χ1v) is 8.71. The highest BCUT2D eigenvalue weighted by atomic mass is 35.5. The molecule has 0 aromatic carbocycles. The summed E-state index contributed by atoms with van der Waals surface area (Å²) in [4.78, 5) is 4.73. The lowest BCUT2D eigenvalue weighted by Gasteiger charge is -2.24. The standard InChI is InChI=1S/C14H21ClN4S/c1-4-10-12-13(18(3)17-10)19(11(8-15)16-12)9-14(2)6-5-7-20-14/h4-9H2,1-3H3. The molecule has 3 rings (SSSR count). The molecule has 1 atom stereocenters. The first-order chi connectivity index (χ1) is 9.58. The van der Waals surface area contributed by atoms with Crippen LogP contribution in [0.15, 0.2) is 0 Å². The van der Waals surface area contributed by atoms with Gasteiger partial charge in [-0.25, -0.2) is 4.98 Å². The lowest BCUT2D eigenvalue weighted by Crippen LogP contribution is -2.25. The Morgan fingerprint density at radius 2 is 2.25 bits per heavy atom. The van der Waals surface area contributed by atoms with E-state index in [0.29, 0.717) is 10.6 Å². The maximum absolute atomic E-state index is 6.12. The van der Waals surface area contributed by atoms with Gasteiger partial charge in [-0.2, -0.15) is 16.9 Å². The monoisotopic (exact) mass is 312 g/mol. The zero-order valence-corrected chi connectivity index (χ0v) is 13.9. The number of alkyl halides is 1. The maximum atomic E-state index is 6.12. The zero-order chi connectivity index (χ0) is 14.3. The van der Waals surface area contributed by atoms with Gasteiger partial charge >= 0.3 is 0 Å². The largest absolute Gasteiger partial charge is 0.310 e. The first-order valence-electron chi connectivity index (χ1n) is 7.19. The van der Waals surface area contributed by atoms with Crippen molar-refractivity contribution in [3.63, 3.8) is 0 Å². The van der Waals surface area contributed by atoms with E-state index in [4.69, 9.17) is 16.6 Å². The third kappa shape index (κ3) is 2.25. The van der Waals surface area contributed by atoms with Gasteiger partial charge in [0.25, 0.3) is 0 Å². The Kier molecular flexibility index (Phi) is 3.75. The number of fused-ring (bicyclic) bond motifs is 1. The lowest BCUT2D eigenvalue weighted by molar-refractivity contribution is 0.503. The van der Waals surface area contributed by atoms with Gasteiger partial charge in [-0.1, -0.05) is 6.92 Å². The van der Waals surface area contributed by atoms with Crippen molar-refractivity contribution in [2.45, 2.75) is 50.3 Å². The van der Waals surface area contributed by atoms with Crippen LogP contribution in [0.25, 0.3) is 11.2 Å². The summed E-state index contributed by atoms with van der Waals surface area (Å²) in [5.41, 5.74) is 3.21. The number of rotatable bonds is 4. The number of hydrogen-bond acceptors (Lipinski definition) is 3. The van der Waals surface area contributed by atoms with Gasteiger partial charge in [0.1, 0.15) is 11.3 Å². The van der Waals surface area contributed by atoms with Crippen LogP contribution in [0.1, 0.15) is 38.2 Å². The number of nitrogens with zero attached hydrogens (tertiary/aromatic N) is 4. The Balaban J connectivity index is 2.10. The van der Waals surface area contributed by atoms with Gasteiger partial charge in [-0.15, -0.1) is 11.6 Å². The molecule has 0 saturated carbocycles. The van der Waals surface area contributed by atoms with Gasteiger partial charge in [-0.05, 0) is 31.9 Å². The van der Waals surface area contributed by atoms with Gasteiger partial charge in [0.15, 0.2) is 5.65 Å². The molecule has 1 aliphatic rings. The number of hydrogen-bond donors (Lipinski definition) is 0. The number of thioether (sulfide) groups is 1. The summed E-state index contributed by atoms with van der Waals surface area (Å²) < 4.78 is 4.54. The Morgan fingerprint density at radius 1 is 1.45 bits per heavy atom. The molecule has 20 heavy (non-hydrogen) atoms. The molecule has 0 aliphatic carbocycles. The SMILES string of the molecule is CCc1nn(C)c2c1nc(CCl)n2CC1(C)CCCS1. The van der Waals surface area contributed by atoms with Crippen molar-refractivity contribution in [1.29, 1.82) is 0 Å². The van der Waals surface area contributed by atoms with E-state index in [1.54, 1.807) is 0 Å². The average Bonchev–Trinajstić information content (AvgIpc) is 3.07. The van der Waals surface area contributed by atoms with E-state index in [2.05, 4.69) is 35.3 Å². The summed E-state index contributed by atoms with van der Waals surface area (Å²) >= 11 is 8.19. The van der Waals surface area contributed by atoms with Crippen molar-refractivity contribution in [2.75, 3.05) is 5.75 Å². The molecule has 0 spiro atoms. The summed E-state index contributed by atoms with van der Waals surface area (Å²) in [5.74, 6) is 2.69. The van der Waals surface area contributed by atoms with Crippen LogP contribution in [0.4, 0.5) is 0 Å². The van der Waals surface area contributed by atoms with Gasteiger partial charge < -0.3 is 4.57 Å². The van der Waals surface area contributed by atoms with Gasteiger partial charge in [0.2, 0.25) is 0 Å². The van der Waals surface area contributed by atoms with E-state index in [0.717, 1.165) is 35.6 Å². The van der Waals surface area contributed by atoms with E-state index in [-0.39, 0.29) is 0 Å². The Bertz CT molecular complexity index is 625. The summed E-state index contributed by atoms with van der Waals surface area (Å²) in [6.07, 6.45) is 3.47. The summed E-state index contributed by atoms with van der Waals surface area (Å²) in [7, 11) is 2.00. The van der Waals surface area contributed by atoms with Crippen molar-refractivity contribution in [2.24, 2.45) is 7.05 Å². The molecular formula is C14H21ClN4S. The van der Waals surface area contributed by atoms with E-state index < -0.39 is 0 Å². The molecular weight excluding hydrogens is 292 g/mol.